The molecule has 9 heteroatoms. The van der Waals surface area contributed by atoms with Crippen LogP contribution in [-0.4, -0.2) is 73.1 Å². The van der Waals surface area contributed by atoms with Crippen LogP contribution in [0.3, 0.4) is 0 Å². The average Bonchev–Trinajstić information content (AvgIpc) is 3.01. The summed E-state index contributed by atoms with van der Waals surface area (Å²) in [4.78, 5) is 35.9. The van der Waals surface area contributed by atoms with Gasteiger partial charge in [-0.3, -0.25) is 14.7 Å². The summed E-state index contributed by atoms with van der Waals surface area (Å²) in [7, 11) is 0. The van der Waals surface area contributed by atoms with Gasteiger partial charge in [0.2, 0.25) is 5.91 Å². The Hall–Kier alpha value is -2.84. The molecule has 0 bridgehead atoms. The minimum atomic E-state index is -0.338. The zero-order valence-corrected chi connectivity index (χ0v) is 16.6. The van der Waals surface area contributed by atoms with Crippen LogP contribution in [-0.2, 0) is 4.79 Å². The number of nitrogens with one attached hydrogen (secondary N) is 3. The number of carbonyl (C=O) groups excluding carboxylic acids is 2. The number of pyridine rings is 1. The monoisotopic (exact) mass is 387 g/mol. The van der Waals surface area contributed by atoms with Crippen LogP contribution < -0.4 is 20.9 Å². The van der Waals surface area contributed by atoms with Gasteiger partial charge in [0.1, 0.15) is 5.82 Å². The van der Waals surface area contributed by atoms with E-state index in [0.717, 1.165) is 49.9 Å². The Morgan fingerprint density at radius 3 is 2.75 bits per heavy atom. The zero-order chi connectivity index (χ0) is 19.9. The summed E-state index contributed by atoms with van der Waals surface area (Å²) < 4.78 is 0. The molecule has 28 heavy (non-hydrogen) atoms. The number of rotatable bonds is 6. The first kappa shape index (κ1) is 19.9. The Labute approximate surface area is 165 Å². The van der Waals surface area contributed by atoms with Crippen LogP contribution in [0.25, 0.3) is 0 Å². The lowest BCUT2D eigenvalue weighted by Gasteiger charge is -2.34. The maximum atomic E-state index is 11.6. The lowest BCUT2D eigenvalue weighted by atomic mass is 10.1. The first-order chi connectivity index (χ1) is 13.6. The number of aromatic nitrogens is 1. The minimum Gasteiger partial charge on any atom is -0.357 e. The number of carbonyl (C=O) groups is 2. The van der Waals surface area contributed by atoms with Crippen molar-refractivity contribution in [1.82, 2.24) is 25.8 Å². The maximum absolute atomic E-state index is 11.6. The van der Waals surface area contributed by atoms with E-state index in [1.54, 1.807) is 0 Å². The van der Waals surface area contributed by atoms with E-state index < -0.39 is 0 Å². The maximum Gasteiger partial charge on any atom is 0.324 e. The highest BCUT2D eigenvalue weighted by Gasteiger charge is 2.27. The molecule has 0 aliphatic carbocycles. The van der Waals surface area contributed by atoms with Gasteiger partial charge in [-0.2, -0.15) is 0 Å². The fraction of sp³-hybridized carbons (Fsp3) is 0.579. The topological polar surface area (TPSA) is 102 Å². The Kier molecular flexibility index (Phi) is 6.67. The lowest BCUT2D eigenvalue weighted by Crippen LogP contribution is -2.49. The molecule has 3 heterocycles. The molecule has 0 aromatic carbocycles. The van der Waals surface area contributed by atoms with Crippen molar-refractivity contribution < 1.29 is 9.59 Å². The summed E-state index contributed by atoms with van der Waals surface area (Å²) in [5.74, 6) is 1.56. The van der Waals surface area contributed by atoms with E-state index >= 15 is 0 Å². The van der Waals surface area contributed by atoms with Crippen LogP contribution in [0.2, 0.25) is 0 Å². The van der Waals surface area contributed by atoms with Crippen molar-refractivity contribution in [3.05, 3.63) is 23.9 Å². The third-order valence-corrected chi connectivity index (χ3v) is 4.91. The zero-order valence-electron chi connectivity index (χ0n) is 16.6. The largest absolute Gasteiger partial charge is 0.357 e. The molecule has 3 amide bonds. The number of hydrogen-bond acceptors (Lipinski definition) is 5. The Balaban J connectivity index is 1.49. The molecule has 9 nitrogen and oxygen atoms in total. The van der Waals surface area contributed by atoms with Gasteiger partial charge in [0.05, 0.1) is 19.6 Å². The van der Waals surface area contributed by atoms with Gasteiger partial charge in [0.15, 0.2) is 5.96 Å². The number of hydrogen-bond donors (Lipinski definition) is 3. The molecule has 1 aromatic heterocycles. The second kappa shape index (κ2) is 9.38. The van der Waals surface area contributed by atoms with Crippen LogP contribution >= 0.6 is 0 Å². The fourth-order valence-corrected chi connectivity index (χ4v) is 3.41. The number of guanidine groups is 1. The van der Waals surface area contributed by atoms with E-state index in [0.29, 0.717) is 19.1 Å². The van der Waals surface area contributed by atoms with Crippen LogP contribution in [0.1, 0.15) is 25.5 Å². The molecule has 0 atom stereocenters. The van der Waals surface area contributed by atoms with Gasteiger partial charge in [-0.25, -0.2) is 9.78 Å². The predicted molar refractivity (Wildman–Crippen MR) is 108 cm³/mol. The molecule has 2 aliphatic heterocycles. The van der Waals surface area contributed by atoms with E-state index in [1.165, 1.54) is 4.90 Å². The number of nitrogens with zero attached hydrogens (tertiary/aromatic N) is 4. The highest BCUT2D eigenvalue weighted by Crippen LogP contribution is 2.18. The van der Waals surface area contributed by atoms with E-state index in [2.05, 4.69) is 36.9 Å². The van der Waals surface area contributed by atoms with Crippen LogP contribution in [0.4, 0.5) is 10.6 Å². The summed E-state index contributed by atoms with van der Waals surface area (Å²) in [5, 5.41) is 9.23. The number of anilines is 1. The summed E-state index contributed by atoms with van der Waals surface area (Å²) in [5.41, 5.74) is 1.03. The van der Waals surface area contributed by atoms with E-state index in [-0.39, 0.29) is 18.5 Å². The summed E-state index contributed by atoms with van der Waals surface area (Å²) >= 11 is 0. The Morgan fingerprint density at radius 2 is 2.11 bits per heavy atom. The molecular formula is C19H29N7O2. The second-order valence-electron chi connectivity index (χ2n) is 7.01. The third kappa shape index (κ3) is 5.11. The van der Waals surface area contributed by atoms with Crippen molar-refractivity contribution in [2.24, 2.45) is 4.99 Å². The molecular weight excluding hydrogens is 358 g/mol. The second-order valence-corrected chi connectivity index (χ2v) is 7.01. The van der Waals surface area contributed by atoms with Crippen molar-refractivity contribution >= 4 is 23.7 Å². The van der Waals surface area contributed by atoms with Crippen LogP contribution in [0, 0.1) is 6.92 Å². The van der Waals surface area contributed by atoms with Gasteiger partial charge in [0, 0.05) is 31.4 Å². The number of aryl methyl sites for hydroxylation is 1. The summed E-state index contributed by atoms with van der Waals surface area (Å²) in [6.45, 7) is 7.40. The fourth-order valence-electron chi connectivity index (χ4n) is 3.41. The molecule has 3 N–H and O–H groups in total. The molecule has 1 aromatic rings. The number of aliphatic imine (C=N–C) groups is 1. The number of amides is 3. The standard InChI is InChI=1S/C19H29N7O2/c1-3-20-18(21-9-12-26-17(27)13-22-19(26)28)24-15-7-10-25(11-8-15)16-6-4-5-14(2)23-16/h4-6,15H,3,7-13H2,1-2H3,(H,22,28)(H2,20,21,24). The molecule has 0 radical (unpaired) electrons. The lowest BCUT2D eigenvalue weighted by molar-refractivity contribution is -0.124. The number of imide groups is 1. The summed E-state index contributed by atoms with van der Waals surface area (Å²) in [6, 6.07) is 6.10. The van der Waals surface area contributed by atoms with E-state index in [1.807, 2.05) is 26.0 Å². The van der Waals surface area contributed by atoms with Gasteiger partial charge >= 0.3 is 6.03 Å². The van der Waals surface area contributed by atoms with Crippen molar-refractivity contribution in [1.29, 1.82) is 0 Å². The highest BCUT2D eigenvalue weighted by molar-refractivity contribution is 6.01. The molecule has 2 aliphatic rings. The van der Waals surface area contributed by atoms with E-state index in [4.69, 9.17) is 0 Å². The normalized spacial score (nSPS) is 18.4. The van der Waals surface area contributed by atoms with E-state index in [9.17, 15) is 9.59 Å². The SMILES string of the molecule is CCNC(=NCCN1C(=O)CNC1=O)NC1CCN(c2cccc(C)n2)CC1. The van der Waals surface area contributed by atoms with Gasteiger partial charge in [-0.15, -0.1) is 0 Å². The molecule has 2 saturated heterocycles. The molecule has 0 unspecified atom stereocenters. The van der Waals surface area contributed by atoms with Gasteiger partial charge in [0.25, 0.3) is 0 Å². The quantitative estimate of drug-likeness (QED) is 0.373. The Bertz CT molecular complexity index is 713. The molecule has 2 fully saturated rings. The predicted octanol–water partition coefficient (Wildman–Crippen LogP) is 0.466. The first-order valence-corrected chi connectivity index (χ1v) is 9.88. The van der Waals surface area contributed by atoms with Crippen molar-refractivity contribution in [3.63, 3.8) is 0 Å². The molecule has 0 saturated carbocycles. The van der Waals surface area contributed by atoms with Crippen molar-refractivity contribution in [2.45, 2.75) is 32.7 Å². The molecule has 0 spiro atoms. The van der Waals surface area contributed by atoms with Crippen LogP contribution in [0.5, 0.6) is 0 Å². The van der Waals surface area contributed by atoms with Gasteiger partial charge in [-0.05, 0) is 38.8 Å². The first-order valence-electron chi connectivity index (χ1n) is 9.88. The smallest absolute Gasteiger partial charge is 0.324 e. The number of piperidine rings is 1. The minimum absolute atomic E-state index is 0.0786. The van der Waals surface area contributed by atoms with Crippen molar-refractivity contribution in [3.8, 4) is 0 Å². The molecule has 152 valence electrons. The van der Waals surface area contributed by atoms with Gasteiger partial charge in [-0.1, -0.05) is 6.07 Å². The highest BCUT2D eigenvalue weighted by atomic mass is 16.2. The number of urea groups is 1. The Morgan fingerprint density at radius 1 is 1.32 bits per heavy atom. The van der Waals surface area contributed by atoms with Crippen molar-refractivity contribution in [2.75, 3.05) is 44.2 Å². The third-order valence-electron chi connectivity index (χ3n) is 4.91. The summed E-state index contributed by atoms with van der Waals surface area (Å²) in [6.07, 6.45) is 1.99. The average molecular weight is 387 g/mol. The van der Waals surface area contributed by atoms with Gasteiger partial charge < -0.3 is 20.9 Å². The van der Waals surface area contributed by atoms with Crippen LogP contribution in [0.15, 0.2) is 23.2 Å². The molecule has 3 rings (SSSR count).